The summed E-state index contributed by atoms with van der Waals surface area (Å²) in [5.41, 5.74) is -0.467. The van der Waals surface area contributed by atoms with E-state index in [1.807, 2.05) is 20.8 Å². The average Bonchev–Trinajstić information content (AvgIpc) is 2.94. The molecule has 0 aliphatic heterocycles. The number of alkyl carbamates (subject to hydrolysis) is 1. The maximum Gasteiger partial charge on any atom is 0.407 e. The first-order valence-corrected chi connectivity index (χ1v) is 7.94. The van der Waals surface area contributed by atoms with Crippen LogP contribution in [0.5, 0.6) is 0 Å². The van der Waals surface area contributed by atoms with E-state index in [1.54, 1.807) is 7.11 Å². The highest BCUT2D eigenvalue weighted by molar-refractivity contribution is 5.67. The van der Waals surface area contributed by atoms with Crippen molar-refractivity contribution in [1.82, 2.24) is 25.8 Å². The van der Waals surface area contributed by atoms with Gasteiger partial charge in [-0.2, -0.15) is 5.10 Å². The van der Waals surface area contributed by atoms with E-state index in [-0.39, 0.29) is 12.1 Å². The van der Waals surface area contributed by atoms with E-state index < -0.39 is 5.60 Å². The zero-order valence-electron chi connectivity index (χ0n) is 14.5. The van der Waals surface area contributed by atoms with Crippen molar-refractivity contribution >= 4 is 6.09 Å². The molecule has 0 radical (unpaired) electrons. The van der Waals surface area contributed by atoms with Crippen molar-refractivity contribution in [2.45, 2.75) is 51.7 Å². The molecule has 1 amide bonds. The highest BCUT2D eigenvalue weighted by Crippen LogP contribution is 2.06. The summed E-state index contributed by atoms with van der Waals surface area (Å²) in [4.78, 5) is 15.6. The SMILES string of the molecule is COCC(CCCNC(=O)OC(C)(C)C)NCCc1ncn[nH]1. The summed E-state index contributed by atoms with van der Waals surface area (Å²) in [6.45, 7) is 7.55. The molecule has 8 heteroatoms. The van der Waals surface area contributed by atoms with E-state index in [0.29, 0.717) is 13.2 Å². The first-order valence-electron chi connectivity index (χ1n) is 7.94. The third kappa shape index (κ3) is 9.85. The number of aromatic nitrogens is 3. The van der Waals surface area contributed by atoms with Crippen molar-refractivity contribution in [2.24, 2.45) is 0 Å². The molecule has 1 aromatic rings. The van der Waals surface area contributed by atoms with Crippen LogP contribution in [0.25, 0.3) is 0 Å². The van der Waals surface area contributed by atoms with E-state index in [4.69, 9.17) is 9.47 Å². The Bertz CT molecular complexity index is 431. The van der Waals surface area contributed by atoms with E-state index in [9.17, 15) is 4.79 Å². The van der Waals surface area contributed by atoms with Crippen LogP contribution in [0.2, 0.25) is 0 Å². The van der Waals surface area contributed by atoms with Crippen molar-refractivity contribution in [2.75, 3.05) is 26.8 Å². The fourth-order valence-electron chi connectivity index (χ4n) is 2.04. The summed E-state index contributed by atoms with van der Waals surface area (Å²) in [5, 5.41) is 12.8. The van der Waals surface area contributed by atoms with Crippen molar-refractivity contribution in [3.63, 3.8) is 0 Å². The summed E-state index contributed by atoms with van der Waals surface area (Å²) in [6.07, 6.45) is 3.67. The first kappa shape index (κ1) is 19.4. The fraction of sp³-hybridized carbons (Fsp3) is 0.800. The van der Waals surface area contributed by atoms with Crippen LogP contribution in [0.1, 0.15) is 39.4 Å². The van der Waals surface area contributed by atoms with Gasteiger partial charge in [-0.25, -0.2) is 9.78 Å². The number of amides is 1. The molecule has 3 N–H and O–H groups in total. The van der Waals surface area contributed by atoms with Gasteiger partial charge in [-0.05, 0) is 33.6 Å². The smallest absolute Gasteiger partial charge is 0.407 e. The Morgan fingerprint density at radius 3 is 2.78 bits per heavy atom. The van der Waals surface area contributed by atoms with Gasteiger partial charge in [-0.1, -0.05) is 0 Å². The topological polar surface area (TPSA) is 101 Å². The third-order valence-electron chi connectivity index (χ3n) is 3.03. The lowest BCUT2D eigenvalue weighted by Crippen LogP contribution is -2.36. The minimum atomic E-state index is -0.467. The van der Waals surface area contributed by atoms with Crippen LogP contribution in [0, 0.1) is 0 Å². The average molecular weight is 327 g/mol. The zero-order valence-corrected chi connectivity index (χ0v) is 14.5. The van der Waals surface area contributed by atoms with Gasteiger partial charge in [0.05, 0.1) is 6.61 Å². The largest absolute Gasteiger partial charge is 0.444 e. The highest BCUT2D eigenvalue weighted by atomic mass is 16.6. The second-order valence-corrected chi connectivity index (χ2v) is 6.36. The molecule has 8 nitrogen and oxygen atoms in total. The molecule has 0 bridgehead atoms. The van der Waals surface area contributed by atoms with Crippen LogP contribution in [0.4, 0.5) is 4.79 Å². The monoisotopic (exact) mass is 327 g/mol. The summed E-state index contributed by atoms with van der Waals surface area (Å²) in [7, 11) is 1.68. The van der Waals surface area contributed by atoms with E-state index in [1.165, 1.54) is 6.33 Å². The van der Waals surface area contributed by atoms with Gasteiger partial charge >= 0.3 is 6.09 Å². The van der Waals surface area contributed by atoms with Crippen LogP contribution in [-0.2, 0) is 15.9 Å². The Kier molecular flexibility index (Phi) is 8.57. The van der Waals surface area contributed by atoms with Crippen LogP contribution < -0.4 is 10.6 Å². The second kappa shape index (κ2) is 10.2. The molecule has 1 atom stereocenters. The Labute approximate surface area is 137 Å². The van der Waals surface area contributed by atoms with Crippen molar-refractivity contribution in [3.05, 3.63) is 12.2 Å². The molecule has 0 saturated heterocycles. The normalized spacial score (nSPS) is 12.9. The maximum atomic E-state index is 11.5. The zero-order chi connectivity index (χ0) is 17.1. The summed E-state index contributed by atoms with van der Waals surface area (Å²) in [5.74, 6) is 0.861. The van der Waals surface area contributed by atoms with Gasteiger partial charge in [0.15, 0.2) is 0 Å². The number of ether oxygens (including phenoxy) is 2. The van der Waals surface area contributed by atoms with E-state index in [0.717, 1.165) is 31.6 Å². The van der Waals surface area contributed by atoms with Crippen LogP contribution >= 0.6 is 0 Å². The van der Waals surface area contributed by atoms with Crippen LogP contribution in [-0.4, -0.2) is 59.7 Å². The quantitative estimate of drug-likeness (QED) is 0.559. The van der Waals surface area contributed by atoms with Gasteiger partial charge in [-0.15, -0.1) is 0 Å². The number of H-pyrrole nitrogens is 1. The molecule has 0 spiro atoms. The number of hydrogen-bond donors (Lipinski definition) is 3. The molecule has 0 saturated carbocycles. The molecule has 1 aromatic heterocycles. The highest BCUT2D eigenvalue weighted by Gasteiger charge is 2.15. The van der Waals surface area contributed by atoms with Gasteiger partial charge in [0.2, 0.25) is 0 Å². The molecule has 1 heterocycles. The van der Waals surface area contributed by atoms with Crippen LogP contribution in [0.15, 0.2) is 6.33 Å². The number of rotatable bonds is 10. The number of carbonyl (C=O) groups excluding carboxylic acids is 1. The number of carbonyl (C=O) groups is 1. The Morgan fingerprint density at radius 2 is 2.17 bits per heavy atom. The van der Waals surface area contributed by atoms with Gasteiger partial charge in [0.1, 0.15) is 17.8 Å². The number of nitrogens with zero attached hydrogens (tertiary/aromatic N) is 2. The van der Waals surface area contributed by atoms with E-state index in [2.05, 4.69) is 25.8 Å². The minimum Gasteiger partial charge on any atom is -0.444 e. The number of hydrogen-bond acceptors (Lipinski definition) is 6. The number of methoxy groups -OCH3 is 1. The Morgan fingerprint density at radius 1 is 1.39 bits per heavy atom. The molecule has 0 aliphatic carbocycles. The molecule has 0 aromatic carbocycles. The summed E-state index contributed by atoms with van der Waals surface area (Å²) >= 11 is 0. The van der Waals surface area contributed by atoms with Crippen LogP contribution in [0.3, 0.4) is 0 Å². The van der Waals surface area contributed by atoms with Crippen molar-refractivity contribution in [1.29, 1.82) is 0 Å². The first-order chi connectivity index (χ1) is 10.9. The molecule has 1 rings (SSSR count). The van der Waals surface area contributed by atoms with Crippen molar-refractivity contribution in [3.8, 4) is 0 Å². The maximum absolute atomic E-state index is 11.5. The van der Waals surface area contributed by atoms with Gasteiger partial charge in [0.25, 0.3) is 0 Å². The molecular formula is C15H29N5O3. The van der Waals surface area contributed by atoms with Gasteiger partial charge in [0, 0.05) is 32.7 Å². The molecular weight excluding hydrogens is 298 g/mol. The predicted molar refractivity (Wildman–Crippen MR) is 87.2 cm³/mol. The Hall–Kier alpha value is -1.67. The summed E-state index contributed by atoms with van der Waals surface area (Å²) < 4.78 is 10.4. The number of aromatic amines is 1. The summed E-state index contributed by atoms with van der Waals surface area (Å²) in [6, 6.07) is 0.239. The molecule has 1 unspecified atom stereocenters. The van der Waals surface area contributed by atoms with Crippen molar-refractivity contribution < 1.29 is 14.3 Å². The van der Waals surface area contributed by atoms with Gasteiger partial charge < -0.3 is 20.1 Å². The Balaban J connectivity index is 2.16. The number of nitrogens with one attached hydrogen (secondary N) is 3. The standard InChI is InChI=1S/C15H29N5O3/c1-15(2,3)23-14(21)17-8-5-6-12(10-22-4)16-9-7-13-18-11-19-20-13/h11-12,16H,5-10H2,1-4H3,(H,17,21)(H,18,19,20). The molecule has 0 aliphatic rings. The van der Waals surface area contributed by atoms with E-state index >= 15 is 0 Å². The molecule has 0 fully saturated rings. The molecule has 23 heavy (non-hydrogen) atoms. The fourth-order valence-corrected chi connectivity index (χ4v) is 2.04. The minimum absolute atomic E-state index is 0.239. The lowest BCUT2D eigenvalue weighted by molar-refractivity contribution is 0.0526. The lowest BCUT2D eigenvalue weighted by atomic mass is 10.1. The molecule has 132 valence electrons. The van der Waals surface area contributed by atoms with Gasteiger partial charge in [-0.3, -0.25) is 5.10 Å². The third-order valence-corrected chi connectivity index (χ3v) is 3.03. The lowest BCUT2D eigenvalue weighted by Gasteiger charge is -2.20. The second-order valence-electron chi connectivity index (χ2n) is 6.36. The predicted octanol–water partition coefficient (Wildman–Crippen LogP) is 1.26.